The van der Waals surface area contributed by atoms with Crippen LogP contribution in [-0.4, -0.2) is 22.9 Å². The van der Waals surface area contributed by atoms with Gasteiger partial charge in [-0.2, -0.15) is 5.10 Å². The van der Waals surface area contributed by atoms with E-state index in [9.17, 15) is 0 Å². The van der Waals surface area contributed by atoms with Crippen LogP contribution >= 0.6 is 0 Å². The first-order valence-corrected chi connectivity index (χ1v) is 7.99. The van der Waals surface area contributed by atoms with Crippen molar-refractivity contribution >= 4 is 0 Å². The van der Waals surface area contributed by atoms with Crippen LogP contribution < -0.4 is 5.32 Å². The van der Waals surface area contributed by atoms with E-state index in [1.54, 1.807) is 0 Å². The molecule has 1 aromatic heterocycles. The molecule has 3 heteroatoms. The summed E-state index contributed by atoms with van der Waals surface area (Å²) in [6.45, 7) is 6.75. The number of hydrogen-bond acceptors (Lipinski definition) is 2. The summed E-state index contributed by atoms with van der Waals surface area (Å²) in [5, 5.41) is 8.06. The molecule has 0 aliphatic heterocycles. The predicted octanol–water partition coefficient (Wildman–Crippen LogP) is 3.57. The van der Waals surface area contributed by atoms with Crippen LogP contribution in [0.5, 0.6) is 0 Å². The molecule has 1 aromatic rings. The predicted molar refractivity (Wildman–Crippen MR) is 80.4 cm³/mol. The normalized spacial score (nSPS) is 17.2. The first kappa shape index (κ1) is 14.6. The zero-order chi connectivity index (χ0) is 13.5. The molecular formula is C16H29N3. The van der Waals surface area contributed by atoms with Crippen LogP contribution in [0.15, 0.2) is 12.4 Å². The first-order valence-electron chi connectivity index (χ1n) is 7.99. The largest absolute Gasteiger partial charge is 0.316 e. The summed E-state index contributed by atoms with van der Waals surface area (Å²) >= 11 is 0. The molecule has 1 saturated carbocycles. The maximum atomic E-state index is 4.56. The molecule has 0 unspecified atom stereocenters. The van der Waals surface area contributed by atoms with Crippen molar-refractivity contribution in [3.05, 3.63) is 18.0 Å². The molecule has 1 N–H and O–H groups in total. The van der Waals surface area contributed by atoms with E-state index in [0.29, 0.717) is 6.04 Å². The smallest absolute Gasteiger partial charge is 0.0521 e. The van der Waals surface area contributed by atoms with Gasteiger partial charge in [-0.15, -0.1) is 0 Å². The highest BCUT2D eigenvalue weighted by Crippen LogP contribution is 2.27. The highest BCUT2D eigenvalue weighted by Gasteiger charge is 2.15. The van der Waals surface area contributed by atoms with Crippen LogP contribution in [0.1, 0.15) is 64.0 Å². The fourth-order valence-electron chi connectivity index (χ4n) is 2.86. The molecule has 0 saturated heterocycles. The van der Waals surface area contributed by atoms with E-state index in [-0.39, 0.29) is 0 Å². The van der Waals surface area contributed by atoms with Crippen molar-refractivity contribution in [2.75, 3.05) is 13.1 Å². The number of aryl methyl sites for hydroxylation is 1. The van der Waals surface area contributed by atoms with Crippen molar-refractivity contribution in [1.82, 2.24) is 15.1 Å². The van der Waals surface area contributed by atoms with Gasteiger partial charge in [0.1, 0.15) is 0 Å². The second-order valence-electron chi connectivity index (χ2n) is 6.32. The molecule has 0 radical (unpaired) electrons. The third-order valence-corrected chi connectivity index (χ3v) is 3.98. The second kappa shape index (κ2) is 7.68. The minimum Gasteiger partial charge on any atom is -0.316 e. The van der Waals surface area contributed by atoms with Gasteiger partial charge in [0.15, 0.2) is 0 Å². The summed E-state index contributed by atoms with van der Waals surface area (Å²) in [6.07, 6.45) is 13.5. The van der Waals surface area contributed by atoms with Crippen molar-refractivity contribution < 1.29 is 0 Å². The number of rotatable bonds is 7. The zero-order valence-corrected chi connectivity index (χ0v) is 12.6. The van der Waals surface area contributed by atoms with E-state index in [0.717, 1.165) is 25.4 Å². The summed E-state index contributed by atoms with van der Waals surface area (Å²) in [5.74, 6) is 0.744. The Morgan fingerprint density at radius 2 is 2.11 bits per heavy atom. The van der Waals surface area contributed by atoms with Gasteiger partial charge in [-0.05, 0) is 50.3 Å². The minimum atomic E-state index is 0.668. The Morgan fingerprint density at radius 3 is 2.84 bits per heavy atom. The lowest BCUT2D eigenvalue weighted by atomic mass is 9.96. The molecule has 2 rings (SSSR count). The van der Waals surface area contributed by atoms with E-state index in [1.165, 1.54) is 44.1 Å². The molecule has 0 atom stereocenters. The van der Waals surface area contributed by atoms with E-state index in [1.807, 2.05) is 0 Å². The summed E-state index contributed by atoms with van der Waals surface area (Å²) < 4.78 is 2.22. The molecule has 1 aliphatic rings. The van der Waals surface area contributed by atoms with Gasteiger partial charge < -0.3 is 5.32 Å². The zero-order valence-electron chi connectivity index (χ0n) is 12.6. The van der Waals surface area contributed by atoms with Crippen molar-refractivity contribution in [1.29, 1.82) is 0 Å². The van der Waals surface area contributed by atoms with Gasteiger partial charge in [-0.1, -0.05) is 33.1 Å². The monoisotopic (exact) mass is 263 g/mol. The lowest BCUT2D eigenvalue weighted by molar-refractivity contribution is 0.329. The van der Waals surface area contributed by atoms with Crippen molar-refractivity contribution in [3.8, 4) is 0 Å². The van der Waals surface area contributed by atoms with Gasteiger partial charge in [-0.25, -0.2) is 0 Å². The van der Waals surface area contributed by atoms with Gasteiger partial charge in [0.05, 0.1) is 12.2 Å². The van der Waals surface area contributed by atoms with Gasteiger partial charge in [-0.3, -0.25) is 4.68 Å². The average molecular weight is 263 g/mol. The van der Waals surface area contributed by atoms with Crippen LogP contribution in [0.25, 0.3) is 0 Å². The molecule has 3 nitrogen and oxygen atoms in total. The number of nitrogens with one attached hydrogen (secondary N) is 1. The standard InChI is InChI=1S/C16H29N3/c1-14(2)11-17-10-6-7-15-12-18-19(13-15)16-8-4-3-5-9-16/h12-14,16-17H,3-11H2,1-2H3. The Hall–Kier alpha value is -0.830. The molecule has 1 aliphatic carbocycles. The summed E-state index contributed by atoms with van der Waals surface area (Å²) in [7, 11) is 0. The highest BCUT2D eigenvalue weighted by atomic mass is 15.3. The quantitative estimate of drug-likeness (QED) is 0.762. The minimum absolute atomic E-state index is 0.668. The Bertz CT molecular complexity index is 351. The van der Waals surface area contributed by atoms with Crippen LogP contribution in [0.3, 0.4) is 0 Å². The van der Waals surface area contributed by atoms with Crippen LogP contribution in [0.4, 0.5) is 0 Å². The van der Waals surface area contributed by atoms with E-state index in [2.05, 4.69) is 41.3 Å². The molecule has 0 bridgehead atoms. The molecule has 108 valence electrons. The van der Waals surface area contributed by atoms with Crippen molar-refractivity contribution in [2.45, 2.75) is 64.8 Å². The number of nitrogens with zero attached hydrogens (tertiary/aromatic N) is 2. The molecular weight excluding hydrogens is 234 g/mol. The van der Waals surface area contributed by atoms with Gasteiger partial charge >= 0.3 is 0 Å². The highest BCUT2D eigenvalue weighted by molar-refractivity contribution is 5.04. The first-order chi connectivity index (χ1) is 9.25. The topological polar surface area (TPSA) is 29.9 Å². The second-order valence-corrected chi connectivity index (χ2v) is 6.32. The van der Waals surface area contributed by atoms with Crippen LogP contribution in [0, 0.1) is 5.92 Å². The number of hydrogen-bond donors (Lipinski definition) is 1. The van der Waals surface area contributed by atoms with Gasteiger partial charge in [0.2, 0.25) is 0 Å². The third-order valence-electron chi connectivity index (χ3n) is 3.98. The molecule has 1 heterocycles. The molecule has 1 fully saturated rings. The van der Waals surface area contributed by atoms with Crippen molar-refractivity contribution in [3.63, 3.8) is 0 Å². The average Bonchev–Trinajstić information content (AvgIpc) is 2.88. The Balaban J connectivity index is 1.68. The lowest BCUT2D eigenvalue weighted by Crippen LogP contribution is -2.21. The molecule has 0 aromatic carbocycles. The Morgan fingerprint density at radius 1 is 1.32 bits per heavy atom. The summed E-state index contributed by atoms with van der Waals surface area (Å²) in [4.78, 5) is 0. The van der Waals surface area contributed by atoms with E-state index < -0.39 is 0 Å². The van der Waals surface area contributed by atoms with E-state index in [4.69, 9.17) is 0 Å². The molecule has 0 amide bonds. The van der Waals surface area contributed by atoms with E-state index >= 15 is 0 Å². The van der Waals surface area contributed by atoms with Crippen LogP contribution in [-0.2, 0) is 6.42 Å². The maximum absolute atomic E-state index is 4.56. The van der Waals surface area contributed by atoms with Gasteiger partial charge in [0.25, 0.3) is 0 Å². The van der Waals surface area contributed by atoms with Crippen molar-refractivity contribution in [2.24, 2.45) is 5.92 Å². The van der Waals surface area contributed by atoms with Crippen LogP contribution in [0.2, 0.25) is 0 Å². The van der Waals surface area contributed by atoms with Gasteiger partial charge in [0, 0.05) is 6.20 Å². The number of aromatic nitrogens is 2. The summed E-state index contributed by atoms with van der Waals surface area (Å²) in [5.41, 5.74) is 1.40. The fourth-order valence-corrected chi connectivity index (χ4v) is 2.86. The lowest BCUT2D eigenvalue weighted by Gasteiger charge is -2.21. The SMILES string of the molecule is CC(C)CNCCCc1cnn(C2CCCCC2)c1. The molecule has 19 heavy (non-hydrogen) atoms. The fraction of sp³-hybridized carbons (Fsp3) is 0.812. The maximum Gasteiger partial charge on any atom is 0.0521 e. The summed E-state index contributed by atoms with van der Waals surface area (Å²) in [6, 6.07) is 0.668. The Kier molecular flexibility index (Phi) is 5.90. The molecule has 0 spiro atoms. The Labute approximate surface area is 117 Å². The third kappa shape index (κ3) is 4.98.